The van der Waals surface area contributed by atoms with E-state index < -0.39 is 13.7 Å². The molecule has 1 aliphatic heterocycles. The van der Waals surface area contributed by atoms with Gasteiger partial charge in [0, 0.05) is 18.1 Å². The van der Waals surface area contributed by atoms with Crippen LogP contribution in [0.1, 0.15) is 95.2 Å². The van der Waals surface area contributed by atoms with Gasteiger partial charge in [0.1, 0.15) is 5.75 Å². The van der Waals surface area contributed by atoms with Crippen LogP contribution < -0.4 is 10.1 Å². The van der Waals surface area contributed by atoms with Gasteiger partial charge in [0.25, 0.3) is 0 Å². The summed E-state index contributed by atoms with van der Waals surface area (Å²) in [4.78, 5) is 29.0. The highest BCUT2D eigenvalue weighted by Gasteiger charge is 2.43. The molecule has 1 aliphatic carbocycles. The maximum Gasteiger partial charge on any atom is 0.316 e. The Labute approximate surface area is 289 Å². The number of methoxy groups -OCH3 is 1. The Morgan fingerprint density at radius 3 is 2.43 bits per heavy atom. The lowest BCUT2D eigenvalue weighted by atomic mass is 9.69. The number of hydrogen-bond acceptors (Lipinski definition) is 6. The number of hydrogen-bond donors (Lipinski definition) is 1. The van der Waals surface area contributed by atoms with Crippen LogP contribution in [0, 0.1) is 5.92 Å². The summed E-state index contributed by atoms with van der Waals surface area (Å²) in [5.74, 6) is 0.930. The molecule has 1 N–H and O–H groups in total. The first-order chi connectivity index (χ1) is 22.2. The van der Waals surface area contributed by atoms with Crippen LogP contribution in [0.3, 0.4) is 0 Å². The van der Waals surface area contributed by atoms with E-state index in [9.17, 15) is 9.59 Å². The van der Waals surface area contributed by atoms with Crippen LogP contribution >= 0.6 is 11.6 Å². The predicted molar refractivity (Wildman–Crippen MR) is 194 cm³/mol. The number of rotatable bonds is 13. The van der Waals surface area contributed by atoms with Crippen molar-refractivity contribution in [2.75, 3.05) is 39.2 Å². The van der Waals surface area contributed by atoms with Crippen molar-refractivity contribution in [3.05, 3.63) is 58.1 Å². The normalized spacial score (nSPS) is 17.7. The number of ether oxygens (including phenoxy) is 2. The summed E-state index contributed by atoms with van der Waals surface area (Å²) in [6.45, 7) is 14.1. The molecule has 0 bridgehead atoms. The Morgan fingerprint density at radius 2 is 1.77 bits per heavy atom. The van der Waals surface area contributed by atoms with E-state index in [1.54, 1.807) is 13.2 Å². The highest BCUT2D eigenvalue weighted by molar-refractivity contribution is 6.74. The van der Waals surface area contributed by atoms with E-state index in [1.807, 2.05) is 12.1 Å². The van der Waals surface area contributed by atoms with Gasteiger partial charge in [0.15, 0.2) is 8.32 Å². The number of carbonyl (C=O) groups is 2. The number of nitrogens with one attached hydrogen (secondary N) is 1. The zero-order chi connectivity index (χ0) is 34.2. The summed E-state index contributed by atoms with van der Waals surface area (Å²) >= 11 is 6.62. The van der Waals surface area contributed by atoms with Gasteiger partial charge in [-0.2, -0.15) is 0 Å². The van der Waals surface area contributed by atoms with E-state index >= 15 is 0 Å². The van der Waals surface area contributed by atoms with Gasteiger partial charge in [0.05, 0.1) is 36.4 Å². The lowest BCUT2D eigenvalue weighted by Gasteiger charge is -2.36. The molecule has 47 heavy (non-hydrogen) atoms. The highest BCUT2D eigenvalue weighted by Crippen LogP contribution is 2.42. The quantitative estimate of drug-likeness (QED) is 0.168. The molecule has 4 rings (SSSR count). The van der Waals surface area contributed by atoms with Crippen molar-refractivity contribution in [2.45, 2.75) is 115 Å². The van der Waals surface area contributed by atoms with Crippen molar-refractivity contribution in [3.63, 3.8) is 0 Å². The molecule has 1 heterocycles. The molecule has 260 valence electrons. The second kappa shape index (κ2) is 16.3. The number of likely N-dealkylation sites (tertiary alicyclic amines) is 1. The van der Waals surface area contributed by atoms with E-state index in [4.69, 9.17) is 25.5 Å². The predicted octanol–water partition coefficient (Wildman–Crippen LogP) is 8.92. The molecule has 1 saturated carbocycles. The van der Waals surface area contributed by atoms with Gasteiger partial charge in [-0.15, -0.1) is 0 Å². The monoisotopic (exact) mass is 684 g/mol. The lowest BCUT2D eigenvalue weighted by molar-refractivity contribution is -0.154. The molecule has 0 unspecified atom stereocenters. The third kappa shape index (κ3) is 9.84. The van der Waals surface area contributed by atoms with Crippen LogP contribution in [0.5, 0.6) is 5.75 Å². The number of halogens is 1. The molecule has 7 nitrogen and oxygen atoms in total. The number of esters is 1. The van der Waals surface area contributed by atoms with Gasteiger partial charge in [0.2, 0.25) is 5.91 Å². The van der Waals surface area contributed by atoms with Gasteiger partial charge < -0.3 is 24.1 Å². The van der Waals surface area contributed by atoms with Crippen molar-refractivity contribution in [3.8, 4) is 5.75 Å². The van der Waals surface area contributed by atoms with Crippen LogP contribution in [0.4, 0.5) is 5.69 Å². The minimum Gasteiger partial charge on any atom is -0.496 e. The Hall–Kier alpha value is -2.39. The SMILES string of the molecule is COc1cc(NC(=O)CCCc2cccc(C3(C(=O)OCC4CCN(C)CC4)CCCCC3)c2)c(Cl)cc1CO[Si](C)(C)C(C)(C)C. The fourth-order valence-electron chi connectivity index (χ4n) is 6.48. The lowest BCUT2D eigenvalue weighted by Crippen LogP contribution is -2.41. The van der Waals surface area contributed by atoms with E-state index in [2.05, 4.69) is 69.3 Å². The minimum atomic E-state index is -1.95. The van der Waals surface area contributed by atoms with Gasteiger partial charge in [-0.3, -0.25) is 9.59 Å². The van der Waals surface area contributed by atoms with Crippen molar-refractivity contribution in [1.82, 2.24) is 4.90 Å². The zero-order valence-electron chi connectivity index (χ0n) is 29.8. The number of piperidine rings is 1. The third-order valence-electron chi connectivity index (χ3n) is 10.8. The molecule has 9 heteroatoms. The van der Waals surface area contributed by atoms with Gasteiger partial charge >= 0.3 is 5.97 Å². The summed E-state index contributed by atoms with van der Waals surface area (Å²) in [6, 6.07) is 12.0. The van der Waals surface area contributed by atoms with Crippen molar-refractivity contribution in [2.24, 2.45) is 5.92 Å². The largest absolute Gasteiger partial charge is 0.496 e. The summed E-state index contributed by atoms with van der Waals surface area (Å²) in [5, 5.41) is 3.53. The molecule has 1 amide bonds. The first-order valence-corrected chi connectivity index (χ1v) is 20.8. The topological polar surface area (TPSA) is 77.1 Å². The smallest absolute Gasteiger partial charge is 0.316 e. The average Bonchev–Trinajstić information content (AvgIpc) is 3.04. The third-order valence-corrected chi connectivity index (χ3v) is 15.6. The van der Waals surface area contributed by atoms with Crippen LogP contribution in [0.2, 0.25) is 23.2 Å². The van der Waals surface area contributed by atoms with E-state index in [0.29, 0.717) is 48.4 Å². The van der Waals surface area contributed by atoms with Gasteiger partial charge in [-0.25, -0.2) is 0 Å². The van der Waals surface area contributed by atoms with Crippen LogP contribution in [-0.2, 0) is 37.2 Å². The fraction of sp³-hybridized carbons (Fsp3) is 0.632. The number of benzene rings is 2. The van der Waals surface area contributed by atoms with E-state index in [-0.39, 0.29) is 16.9 Å². The maximum atomic E-state index is 13.7. The Balaban J connectivity index is 1.34. The summed E-state index contributed by atoms with van der Waals surface area (Å²) in [5.41, 5.74) is 3.01. The minimum absolute atomic E-state index is 0.0578. The molecule has 2 fully saturated rings. The highest BCUT2D eigenvalue weighted by atomic mass is 35.5. The summed E-state index contributed by atoms with van der Waals surface area (Å²) in [7, 11) is 1.81. The van der Waals surface area contributed by atoms with E-state index in [1.165, 1.54) is 0 Å². The van der Waals surface area contributed by atoms with Crippen molar-refractivity contribution >= 4 is 37.5 Å². The molecule has 2 aliphatic rings. The Kier molecular flexibility index (Phi) is 13.0. The van der Waals surface area contributed by atoms with Crippen LogP contribution in [0.15, 0.2) is 36.4 Å². The number of nitrogens with zero attached hydrogens (tertiary/aromatic N) is 1. The number of aryl methyl sites for hydroxylation is 1. The molecule has 1 saturated heterocycles. The number of amides is 1. The molecule has 2 aromatic rings. The van der Waals surface area contributed by atoms with Crippen LogP contribution in [-0.4, -0.2) is 58.9 Å². The van der Waals surface area contributed by atoms with Gasteiger partial charge in [-0.05, 0) is 99.9 Å². The number of anilines is 1. The molecule has 2 aromatic carbocycles. The van der Waals surface area contributed by atoms with Gasteiger partial charge in [-0.1, -0.05) is 75.9 Å². The molecular weight excluding hydrogens is 628 g/mol. The Morgan fingerprint density at radius 1 is 1.06 bits per heavy atom. The van der Waals surface area contributed by atoms with E-state index in [0.717, 1.165) is 81.1 Å². The second-order valence-corrected chi connectivity index (χ2v) is 20.5. The number of carbonyl (C=O) groups excluding carboxylic acids is 2. The second-order valence-electron chi connectivity index (χ2n) is 15.3. The van der Waals surface area contributed by atoms with Crippen molar-refractivity contribution in [1.29, 1.82) is 0 Å². The molecular formula is C38H57ClN2O5Si. The first-order valence-electron chi connectivity index (χ1n) is 17.5. The summed E-state index contributed by atoms with van der Waals surface area (Å²) < 4.78 is 18.1. The first kappa shape index (κ1) is 37.4. The molecule has 0 spiro atoms. The maximum absolute atomic E-state index is 13.7. The average molecular weight is 685 g/mol. The molecule has 0 radical (unpaired) electrons. The zero-order valence-corrected chi connectivity index (χ0v) is 31.6. The van der Waals surface area contributed by atoms with Crippen molar-refractivity contribution < 1.29 is 23.5 Å². The molecule has 0 aromatic heterocycles. The standard InChI is InChI=1S/C38H57ClN2O5Si/c1-37(2,3)47(6,7)46-27-30-24-32(39)33(25-34(30)44-5)40-35(42)16-12-14-28-13-11-15-31(23-28)38(19-9-8-10-20-38)36(43)45-26-29-17-21-41(4)22-18-29/h11,13,15,23-25,29H,8-10,12,14,16-22,26-27H2,1-7H3,(H,40,42). The molecule has 0 atom stereocenters. The van der Waals surface area contributed by atoms with Crippen LogP contribution in [0.25, 0.3) is 0 Å². The fourth-order valence-corrected chi connectivity index (χ4v) is 7.67. The Bertz CT molecular complexity index is 1360. The summed E-state index contributed by atoms with van der Waals surface area (Å²) in [6.07, 6.45) is 8.81.